The smallest absolute Gasteiger partial charge is 0.407 e. The van der Waals surface area contributed by atoms with Crippen molar-refractivity contribution in [2.75, 3.05) is 18.4 Å². The molecule has 0 aromatic heterocycles. The van der Waals surface area contributed by atoms with Crippen molar-refractivity contribution in [2.45, 2.75) is 52.1 Å². The van der Waals surface area contributed by atoms with Gasteiger partial charge in [0.05, 0.1) is 6.54 Å². The van der Waals surface area contributed by atoms with Crippen LogP contribution in [0.25, 0.3) is 0 Å². The quantitative estimate of drug-likeness (QED) is 0.278. The average molecular weight is 460 g/mol. The number of hydrogen-bond donors (Lipinski definition) is 3. The lowest BCUT2D eigenvalue weighted by atomic mass is 9.90. The molecule has 1 aromatic carbocycles. The number of alkyl carbamates (subject to hydrolysis) is 1. The number of benzene rings is 1. The molecule has 0 heterocycles. The maximum absolute atomic E-state index is 11.5. The number of halogens is 1. The molecule has 0 radical (unpaired) electrons. The molecule has 7 heteroatoms. The van der Waals surface area contributed by atoms with Crippen molar-refractivity contribution in [3.05, 3.63) is 29.3 Å². The van der Waals surface area contributed by atoms with Gasteiger partial charge in [0.1, 0.15) is 5.60 Å². The molecule has 0 atom stereocenters. The Bertz CT molecular complexity index is 612. The second-order valence-electron chi connectivity index (χ2n) is 6.97. The van der Waals surface area contributed by atoms with Gasteiger partial charge in [0.15, 0.2) is 5.96 Å². The molecule has 1 aromatic rings. The number of fused-ring (bicyclic) bond motifs is 1. The molecule has 0 fully saturated rings. The molecule has 0 spiro atoms. The van der Waals surface area contributed by atoms with Crippen molar-refractivity contribution < 1.29 is 9.53 Å². The molecule has 2 rings (SSSR count). The van der Waals surface area contributed by atoms with Crippen LogP contribution in [0.2, 0.25) is 0 Å². The highest BCUT2D eigenvalue weighted by Gasteiger charge is 2.15. The Labute approximate surface area is 167 Å². The minimum absolute atomic E-state index is 0. The van der Waals surface area contributed by atoms with Gasteiger partial charge < -0.3 is 21.1 Å². The fourth-order valence-electron chi connectivity index (χ4n) is 2.72. The third kappa shape index (κ3) is 7.50. The van der Waals surface area contributed by atoms with Crippen molar-refractivity contribution in [1.82, 2.24) is 5.32 Å². The third-order valence-corrected chi connectivity index (χ3v) is 3.72. The predicted octanol–water partition coefficient (Wildman–Crippen LogP) is 3.43. The summed E-state index contributed by atoms with van der Waals surface area (Å²) in [5.74, 6) is 0.361. The Balaban J connectivity index is 0.00000312. The van der Waals surface area contributed by atoms with Gasteiger partial charge in [0, 0.05) is 12.2 Å². The molecule has 6 nitrogen and oxygen atoms in total. The van der Waals surface area contributed by atoms with E-state index in [-0.39, 0.29) is 24.0 Å². The number of nitrogens with zero attached hydrogens (tertiary/aromatic N) is 1. The number of amides is 1. The molecule has 1 aliphatic carbocycles. The molecule has 0 bridgehead atoms. The van der Waals surface area contributed by atoms with Crippen LogP contribution in [0.3, 0.4) is 0 Å². The SMILES string of the molecule is CC(C)(C)OC(=O)NCCN=C(N)Nc1cccc2c1CCCC2.I. The van der Waals surface area contributed by atoms with Crippen molar-refractivity contribution in [1.29, 1.82) is 0 Å². The van der Waals surface area contributed by atoms with Crippen LogP contribution in [0.4, 0.5) is 10.5 Å². The summed E-state index contributed by atoms with van der Waals surface area (Å²) < 4.78 is 5.16. The molecule has 1 aliphatic rings. The first-order valence-electron chi connectivity index (χ1n) is 8.50. The lowest BCUT2D eigenvalue weighted by Gasteiger charge is -2.20. The second kappa shape index (κ2) is 9.84. The van der Waals surface area contributed by atoms with E-state index in [1.54, 1.807) is 0 Å². The largest absolute Gasteiger partial charge is 0.444 e. The third-order valence-electron chi connectivity index (χ3n) is 3.72. The summed E-state index contributed by atoms with van der Waals surface area (Å²) in [6, 6.07) is 6.26. The number of hydrogen-bond acceptors (Lipinski definition) is 3. The number of nitrogens with one attached hydrogen (secondary N) is 2. The number of rotatable bonds is 4. The van der Waals surface area contributed by atoms with E-state index in [2.05, 4.69) is 21.7 Å². The Kier molecular flexibility index (Phi) is 8.47. The topological polar surface area (TPSA) is 88.7 Å². The lowest BCUT2D eigenvalue weighted by molar-refractivity contribution is 0.0529. The molecule has 140 valence electrons. The highest BCUT2D eigenvalue weighted by molar-refractivity contribution is 14.0. The van der Waals surface area contributed by atoms with E-state index in [0.29, 0.717) is 19.0 Å². The zero-order valence-electron chi connectivity index (χ0n) is 15.2. The number of guanidine groups is 1. The van der Waals surface area contributed by atoms with Gasteiger partial charge in [0.2, 0.25) is 0 Å². The molecule has 0 saturated carbocycles. The first kappa shape index (κ1) is 21.5. The van der Waals surface area contributed by atoms with Gasteiger partial charge in [-0.25, -0.2) is 4.79 Å². The van der Waals surface area contributed by atoms with Crippen LogP contribution in [0.15, 0.2) is 23.2 Å². The van der Waals surface area contributed by atoms with Crippen molar-refractivity contribution in [3.8, 4) is 0 Å². The number of nitrogens with two attached hydrogens (primary N) is 1. The van der Waals surface area contributed by atoms with Crippen molar-refractivity contribution >= 4 is 41.7 Å². The Hall–Kier alpha value is -1.51. The average Bonchev–Trinajstić information content (AvgIpc) is 2.50. The summed E-state index contributed by atoms with van der Waals surface area (Å²) in [7, 11) is 0. The molecule has 0 unspecified atom stereocenters. The predicted molar refractivity (Wildman–Crippen MR) is 113 cm³/mol. The van der Waals surface area contributed by atoms with Crippen LogP contribution in [0.1, 0.15) is 44.7 Å². The molecular weight excluding hydrogens is 431 g/mol. The van der Waals surface area contributed by atoms with Crippen LogP contribution in [-0.4, -0.2) is 30.7 Å². The van der Waals surface area contributed by atoms with E-state index in [9.17, 15) is 4.79 Å². The van der Waals surface area contributed by atoms with E-state index < -0.39 is 11.7 Å². The fourth-order valence-corrected chi connectivity index (χ4v) is 2.72. The minimum Gasteiger partial charge on any atom is -0.444 e. The van der Waals surface area contributed by atoms with Crippen LogP contribution in [0.5, 0.6) is 0 Å². The number of carbonyl (C=O) groups excluding carboxylic acids is 1. The zero-order valence-corrected chi connectivity index (χ0v) is 17.6. The molecular formula is C18H29IN4O2. The molecule has 0 aliphatic heterocycles. The summed E-state index contributed by atoms with van der Waals surface area (Å²) in [5, 5.41) is 5.84. The van der Waals surface area contributed by atoms with E-state index in [1.807, 2.05) is 32.9 Å². The van der Waals surface area contributed by atoms with E-state index in [4.69, 9.17) is 10.5 Å². The summed E-state index contributed by atoms with van der Waals surface area (Å²) in [5.41, 5.74) is 9.22. The van der Waals surface area contributed by atoms with E-state index in [1.165, 1.54) is 24.0 Å². The summed E-state index contributed by atoms with van der Waals surface area (Å²) in [6.45, 7) is 6.25. The van der Waals surface area contributed by atoms with Gasteiger partial charge in [-0.1, -0.05) is 12.1 Å². The van der Waals surface area contributed by atoms with Crippen LogP contribution in [0, 0.1) is 0 Å². The standard InChI is InChI=1S/C18H28N4O2.HI/c1-18(2,3)24-17(23)21-12-11-20-16(19)22-15-10-6-8-13-7-4-5-9-14(13)15;/h6,8,10H,4-5,7,9,11-12H2,1-3H3,(H,21,23)(H3,19,20,22);1H. The highest BCUT2D eigenvalue weighted by Crippen LogP contribution is 2.27. The summed E-state index contributed by atoms with van der Waals surface area (Å²) in [4.78, 5) is 15.8. The van der Waals surface area contributed by atoms with Crippen LogP contribution >= 0.6 is 24.0 Å². The van der Waals surface area contributed by atoms with E-state index >= 15 is 0 Å². The normalized spacial score (nSPS) is 14.1. The number of carbonyl (C=O) groups is 1. The molecule has 4 N–H and O–H groups in total. The molecule has 0 saturated heterocycles. The second-order valence-corrected chi connectivity index (χ2v) is 6.97. The first-order valence-corrected chi connectivity index (χ1v) is 8.50. The lowest BCUT2D eigenvalue weighted by Crippen LogP contribution is -2.34. The Morgan fingerprint density at radius 2 is 2.00 bits per heavy atom. The summed E-state index contributed by atoms with van der Waals surface area (Å²) >= 11 is 0. The van der Waals surface area contributed by atoms with Gasteiger partial charge >= 0.3 is 6.09 Å². The minimum atomic E-state index is -0.500. The number of ether oxygens (including phenoxy) is 1. The molecule has 25 heavy (non-hydrogen) atoms. The van der Waals surface area contributed by atoms with Gasteiger partial charge in [-0.05, 0) is 63.6 Å². The van der Waals surface area contributed by atoms with E-state index in [0.717, 1.165) is 18.5 Å². The van der Waals surface area contributed by atoms with Gasteiger partial charge in [-0.3, -0.25) is 4.99 Å². The number of aryl methyl sites for hydroxylation is 1. The molecule has 1 amide bonds. The van der Waals surface area contributed by atoms with Crippen molar-refractivity contribution in [3.63, 3.8) is 0 Å². The monoisotopic (exact) mass is 460 g/mol. The zero-order chi connectivity index (χ0) is 17.6. The highest BCUT2D eigenvalue weighted by atomic mass is 127. The van der Waals surface area contributed by atoms with Gasteiger partial charge in [-0.2, -0.15) is 0 Å². The fraction of sp³-hybridized carbons (Fsp3) is 0.556. The van der Waals surface area contributed by atoms with Gasteiger partial charge in [-0.15, -0.1) is 24.0 Å². The van der Waals surface area contributed by atoms with Crippen LogP contribution in [-0.2, 0) is 17.6 Å². The number of anilines is 1. The Morgan fingerprint density at radius 1 is 1.28 bits per heavy atom. The van der Waals surface area contributed by atoms with Crippen LogP contribution < -0.4 is 16.4 Å². The van der Waals surface area contributed by atoms with Crippen molar-refractivity contribution in [2.24, 2.45) is 10.7 Å². The maximum atomic E-state index is 11.5. The first-order chi connectivity index (χ1) is 11.3. The summed E-state index contributed by atoms with van der Waals surface area (Å²) in [6.07, 6.45) is 4.22. The Morgan fingerprint density at radius 3 is 2.72 bits per heavy atom. The maximum Gasteiger partial charge on any atom is 0.407 e. The number of aliphatic imine (C=N–C) groups is 1. The van der Waals surface area contributed by atoms with Gasteiger partial charge in [0.25, 0.3) is 0 Å².